The van der Waals surface area contributed by atoms with Gasteiger partial charge in [0.1, 0.15) is 0 Å². The molecule has 0 aliphatic heterocycles. The van der Waals surface area contributed by atoms with Crippen LogP contribution in [0.4, 0.5) is 0 Å². The molecule has 194 valence electrons. The van der Waals surface area contributed by atoms with Crippen molar-refractivity contribution in [2.75, 3.05) is 0 Å². The zero-order valence-corrected chi connectivity index (χ0v) is 23.9. The molecule has 8 rings (SSSR count). The molecule has 0 saturated carbocycles. The highest BCUT2D eigenvalue weighted by Gasteiger charge is 2.14. The summed E-state index contributed by atoms with van der Waals surface area (Å²) < 4.78 is 4.94. The zero-order chi connectivity index (χ0) is 28.2. The van der Waals surface area contributed by atoms with E-state index in [0.29, 0.717) is 11.1 Å². The minimum absolute atomic E-state index is 0.648. The zero-order valence-electron chi connectivity index (χ0n) is 22.3. The maximum atomic E-state index is 9.59. The highest BCUT2D eigenvalue weighted by atomic mass is 32.1. The van der Waals surface area contributed by atoms with Gasteiger partial charge < -0.3 is 0 Å². The van der Waals surface area contributed by atoms with Crippen molar-refractivity contribution < 1.29 is 0 Å². The fraction of sp³-hybridized carbons (Fsp3) is 0. The number of hydrogen-bond acceptors (Lipinski definition) is 4. The average Bonchev–Trinajstić information content (AvgIpc) is 3.62. The lowest BCUT2D eigenvalue weighted by molar-refractivity contribution is 1.48. The second-order valence-electron chi connectivity index (χ2n) is 10.4. The first-order valence-electron chi connectivity index (χ1n) is 13.6. The molecule has 0 aliphatic rings. The molecule has 0 N–H and O–H groups in total. The minimum atomic E-state index is 0.648. The second-order valence-corrected chi connectivity index (χ2v) is 12.5. The summed E-state index contributed by atoms with van der Waals surface area (Å²) in [5.74, 6) is 0. The van der Waals surface area contributed by atoms with Gasteiger partial charge in [-0.2, -0.15) is 10.5 Å². The van der Waals surface area contributed by atoms with Gasteiger partial charge in [-0.25, -0.2) is 0 Å². The van der Waals surface area contributed by atoms with Gasteiger partial charge in [-0.1, -0.05) is 60.7 Å². The minimum Gasteiger partial charge on any atom is -0.192 e. The van der Waals surface area contributed by atoms with Gasteiger partial charge >= 0.3 is 0 Å². The van der Waals surface area contributed by atoms with Gasteiger partial charge in [0.25, 0.3) is 0 Å². The van der Waals surface area contributed by atoms with Crippen LogP contribution >= 0.6 is 22.7 Å². The van der Waals surface area contributed by atoms with Crippen LogP contribution in [0.3, 0.4) is 0 Å². The molecule has 0 atom stereocenters. The van der Waals surface area contributed by atoms with Gasteiger partial charge in [0.15, 0.2) is 0 Å². The van der Waals surface area contributed by atoms with Gasteiger partial charge in [0.05, 0.1) is 23.3 Å². The van der Waals surface area contributed by atoms with Gasteiger partial charge in [0, 0.05) is 40.3 Å². The van der Waals surface area contributed by atoms with Gasteiger partial charge in [-0.05, 0) is 94.0 Å². The number of thiophene rings is 2. The molecule has 0 bridgehead atoms. The Bertz CT molecular complexity index is 2450. The number of nitrogens with zero attached hydrogens (tertiary/aromatic N) is 2. The predicted molar refractivity (Wildman–Crippen MR) is 178 cm³/mol. The van der Waals surface area contributed by atoms with Gasteiger partial charge in [-0.3, -0.25) is 0 Å². The summed E-state index contributed by atoms with van der Waals surface area (Å²) in [6.07, 6.45) is 0. The van der Waals surface area contributed by atoms with Crippen molar-refractivity contribution in [3.63, 3.8) is 0 Å². The normalized spacial score (nSPS) is 11.3. The third kappa shape index (κ3) is 3.98. The van der Waals surface area contributed by atoms with E-state index in [1.54, 1.807) is 11.3 Å². The Morgan fingerprint density at radius 2 is 1.10 bits per heavy atom. The van der Waals surface area contributed by atoms with Crippen LogP contribution in [0.1, 0.15) is 11.1 Å². The number of nitriles is 2. The van der Waals surface area contributed by atoms with Crippen LogP contribution in [-0.2, 0) is 0 Å². The summed E-state index contributed by atoms with van der Waals surface area (Å²) in [6.45, 7) is 0. The SMILES string of the molecule is N#Cc1cccc(-c2cc(-c3ccc4c(c3)sc3ccc(C#N)cc34)cc(-c3cccc4c3sc3ccccc34)c2)c1. The fourth-order valence-electron chi connectivity index (χ4n) is 5.89. The molecule has 2 heterocycles. The molecule has 0 spiro atoms. The number of fused-ring (bicyclic) bond motifs is 6. The lowest BCUT2D eigenvalue weighted by atomic mass is 9.92. The largest absolute Gasteiger partial charge is 0.192 e. The summed E-state index contributed by atoms with van der Waals surface area (Å²) in [7, 11) is 0. The Hall–Kier alpha value is -5.26. The lowest BCUT2D eigenvalue weighted by Crippen LogP contribution is -1.87. The van der Waals surface area contributed by atoms with Crippen LogP contribution in [0, 0.1) is 22.7 Å². The van der Waals surface area contributed by atoms with Crippen molar-refractivity contribution in [1.82, 2.24) is 0 Å². The summed E-state index contributed by atoms with van der Waals surface area (Å²) in [6, 6.07) is 46.9. The summed E-state index contributed by atoms with van der Waals surface area (Å²) in [5.41, 5.74) is 8.04. The molecular weight excluding hydrogens is 549 g/mol. The Labute approximate surface area is 250 Å². The summed E-state index contributed by atoms with van der Waals surface area (Å²) >= 11 is 3.59. The molecular formula is C38H20N2S2. The molecule has 2 nitrogen and oxygen atoms in total. The number of benzene rings is 6. The van der Waals surface area contributed by atoms with Gasteiger partial charge in [0.2, 0.25) is 0 Å². The second kappa shape index (κ2) is 9.68. The van der Waals surface area contributed by atoms with Crippen LogP contribution in [0.5, 0.6) is 0 Å². The fourth-order valence-corrected chi connectivity index (χ4v) is 8.25. The van der Waals surface area contributed by atoms with E-state index in [2.05, 4.69) is 97.1 Å². The Kier molecular flexibility index (Phi) is 5.66. The third-order valence-electron chi connectivity index (χ3n) is 7.91. The van der Waals surface area contributed by atoms with Crippen molar-refractivity contribution in [3.05, 3.63) is 132 Å². The van der Waals surface area contributed by atoms with Crippen LogP contribution in [0.2, 0.25) is 0 Å². The molecule has 42 heavy (non-hydrogen) atoms. The maximum Gasteiger partial charge on any atom is 0.0991 e. The molecule has 8 aromatic rings. The number of rotatable bonds is 3. The number of hydrogen-bond donors (Lipinski definition) is 0. The molecule has 0 fully saturated rings. The van der Waals surface area contributed by atoms with E-state index in [0.717, 1.165) is 33.2 Å². The topological polar surface area (TPSA) is 47.6 Å². The van der Waals surface area contributed by atoms with Crippen LogP contribution in [-0.4, -0.2) is 0 Å². The van der Waals surface area contributed by atoms with E-state index in [1.807, 2.05) is 47.7 Å². The van der Waals surface area contributed by atoms with Crippen molar-refractivity contribution in [2.24, 2.45) is 0 Å². The molecule has 0 saturated heterocycles. The van der Waals surface area contributed by atoms with Crippen molar-refractivity contribution in [2.45, 2.75) is 0 Å². The smallest absolute Gasteiger partial charge is 0.0991 e. The first kappa shape index (κ1) is 24.5. The Balaban J connectivity index is 1.37. The first-order chi connectivity index (χ1) is 20.7. The van der Waals surface area contributed by atoms with E-state index >= 15 is 0 Å². The quantitative estimate of drug-likeness (QED) is 0.213. The third-order valence-corrected chi connectivity index (χ3v) is 10.3. The summed E-state index contributed by atoms with van der Waals surface area (Å²) in [5, 5.41) is 23.9. The average molecular weight is 569 g/mol. The highest BCUT2D eigenvalue weighted by molar-refractivity contribution is 7.26. The molecule has 0 radical (unpaired) electrons. The molecule has 2 aromatic heterocycles. The van der Waals surface area contributed by atoms with E-state index in [1.165, 1.54) is 40.5 Å². The van der Waals surface area contributed by atoms with E-state index < -0.39 is 0 Å². The molecule has 4 heteroatoms. The molecule has 0 amide bonds. The van der Waals surface area contributed by atoms with Crippen molar-refractivity contribution in [3.8, 4) is 45.5 Å². The Morgan fingerprint density at radius 3 is 1.95 bits per heavy atom. The van der Waals surface area contributed by atoms with Crippen molar-refractivity contribution in [1.29, 1.82) is 10.5 Å². The predicted octanol–water partition coefficient (Wildman–Crippen LogP) is 11.2. The monoisotopic (exact) mass is 568 g/mol. The lowest BCUT2D eigenvalue weighted by Gasteiger charge is -2.12. The van der Waals surface area contributed by atoms with E-state index in [4.69, 9.17) is 0 Å². The standard InChI is InChI=1S/C38H20N2S2/c39-21-23-5-3-6-25(15-23)27-17-28(26-12-13-32-34-16-24(22-40)11-14-36(34)41-37(32)20-26)19-29(18-27)30-8-4-9-33-31-7-1-2-10-35(31)42-38(30)33/h1-20H. The Morgan fingerprint density at radius 1 is 0.405 bits per heavy atom. The van der Waals surface area contributed by atoms with Crippen LogP contribution in [0.15, 0.2) is 121 Å². The van der Waals surface area contributed by atoms with Crippen molar-refractivity contribution >= 4 is 63.0 Å². The molecule has 0 unspecified atom stereocenters. The molecule has 6 aromatic carbocycles. The van der Waals surface area contributed by atoms with Crippen LogP contribution in [0.25, 0.3) is 73.7 Å². The summed E-state index contributed by atoms with van der Waals surface area (Å²) in [4.78, 5) is 0. The van der Waals surface area contributed by atoms with Crippen LogP contribution < -0.4 is 0 Å². The first-order valence-corrected chi connectivity index (χ1v) is 15.2. The molecule has 0 aliphatic carbocycles. The van der Waals surface area contributed by atoms with E-state index in [-0.39, 0.29) is 0 Å². The van der Waals surface area contributed by atoms with Gasteiger partial charge in [-0.15, -0.1) is 22.7 Å². The van der Waals surface area contributed by atoms with E-state index in [9.17, 15) is 10.5 Å². The maximum absolute atomic E-state index is 9.59. The highest BCUT2D eigenvalue weighted by Crippen LogP contribution is 2.43.